The molecule has 1 aromatic rings. The number of carbonyl (C=O) groups is 2. The maximum atomic E-state index is 11.7. The fraction of sp³-hybridized carbons (Fsp3) is 0.538. The molecular weight excluding hydrogens is 248 g/mol. The summed E-state index contributed by atoms with van der Waals surface area (Å²) in [5.41, 5.74) is 0. The first kappa shape index (κ1) is 13.2. The van der Waals surface area contributed by atoms with Crippen LogP contribution in [-0.2, 0) is 4.79 Å². The van der Waals surface area contributed by atoms with Crippen LogP contribution in [0.15, 0.2) is 17.5 Å². The maximum absolute atomic E-state index is 11.7. The Bertz CT molecular complexity index is 397. The largest absolute Gasteiger partial charge is 0.355 e. The van der Waals surface area contributed by atoms with Gasteiger partial charge in [0.15, 0.2) is 5.78 Å². The molecule has 1 aliphatic rings. The highest BCUT2D eigenvalue weighted by Gasteiger charge is 2.15. The van der Waals surface area contributed by atoms with Crippen LogP contribution in [0.3, 0.4) is 0 Å². The van der Waals surface area contributed by atoms with Crippen molar-refractivity contribution in [2.75, 3.05) is 13.1 Å². The van der Waals surface area contributed by atoms with Crippen molar-refractivity contribution in [3.8, 4) is 0 Å². The minimum absolute atomic E-state index is 0.0337. The molecule has 2 rings (SSSR count). The summed E-state index contributed by atoms with van der Waals surface area (Å²) >= 11 is 1.43. The minimum Gasteiger partial charge on any atom is -0.355 e. The minimum atomic E-state index is -0.0337. The van der Waals surface area contributed by atoms with E-state index in [1.807, 2.05) is 11.4 Å². The van der Waals surface area contributed by atoms with Crippen molar-refractivity contribution in [3.05, 3.63) is 22.4 Å². The zero-order valence-electron chi connectivity index (χ0n) is 10.3. The molecule has 0 aromatic carbocycles. The molecule has 5 heteroatoms. The first-order valence-electron chi connectivity index (χ1n) is 6.32. The second-order valence-electron chi connectivity index (χ2n) is 4.50. The second kappa shape index (κ2) is 6.66. The van der Waals surface area contributed by atoms with Gasteiger partial charge in [-0.1, -0.05) is 6.07 Å². The van der Waals surface area contributed by atoms with E-state index in [0.717, 1.165) is 17.8 Å². The lowest BCUT2D eigenvalue weighted by Gasteiger charge is -2.11. The van der Waals surface area contributed by atoms with Gasteiger partial charge in [0.1, 0.15) is 0 Å². The predicted molar refractivity (Wildman–Crippen MR) is 71.9 cm³/mol. The van der Waals surface area contributed by atoms with Crippen LogP contribution in [0.1, 0.15) is 35.4 Å². The molecule has 98 valence electrons. The number of hydrogen-bond acceptors (Lipinski definition) is 4. The van der Waals surface area contributed by atoms with Crippen LogP contribution >= 0.6 is 11.3 Å². The molecule has 1 aromatic heterocycles. The van der Waals surface area contributed by atoms with Crippen LogP contribution in [0.2, 0.25) is 0 Å². The van der Waals surface area contributed by atoms with Gasteiger partial charge in [0.2, 0.25) is 5.91 Å². The third-order valence-corrected chi connectivity index (χ3v) is 3.99. The van der Waals surface area contributed by atoms with Gasteiger partial charge in [-0.15, -0.1) is 11.3 Å². The van der Waals surface area contributed by atoms with E-state index >= 15 is 0 Å². The fourth-order valence-corrected chi connectivity index (χ4v) is 2.74. The second-order valence-corrected chi connectivity index (χ2v) is 5.45. The van der Waals surface area contributed by atoms with E-state index in [2.05, 4.69) is 10.6 Å². The molecule has 4 nitrogen and oxygen atoms in total. The van der Waals surface area contributed by atoms with Crippen molar-refractivity contribution >= 4 is 23.0 Å². The molecule has 1 saturated heterocycles. The van der Waals surface area contributed by atoms with Crippen LogP contribution in [0.25, 0.3) is 0 Å². The van der Waals surface area contributed by atoms with E-state index in [-0.39, 0.29) is 18.1 Å². The van der Waals surface area contributed by atoms with Gasteiger partial charge in [0.05, 0.1) is 4.88 Å². The summed E-state index contributed by atoms with van der Waals surface area (Å²) in [6.07, 6.45) is 2.87. The van der Waals surface area contributed by atoms with Crippen molar-refractivity contribution in [3.63, 3.8) is 0 Å². The van der Waals surface area contributed by atoms with E-state index in [9.17, 15) is 9.59 Å². The molecule has 1 aliphatic heterocycles. The summed E-state index contributed by atoms with van der Waals surface area (Å²) in [5, 5.41) is 8.07. The Kier molecular flexibility index (Phi) is 4.90. The number of carbonyl (C=O) groups excluding carboxylic acids is 2. The topological polar surface area (TPSA) is 58.2 Å². The monoisotopic (exact) mass is 266 g/mol. The number of Topliss-reactive ketones (excluding diaryl/α,β-unsaturated/α-hetero) is 1. The standard InChI is InChI=1S/C13H18N2O2S/c16-11(12-4-2-8-18-12)5-6-13(17)15-9-10-3-1-7-14-10/h2,4,8,10,14H,1,3,5-7,9H2,(H,15,17). The number of rotatable bonds is 6. The zero-order chi connectivity index (χ0) is 12.8. The first-order valence-corrected chi connectivity index (χ1v) is 7.20. The average Bonchev–Trinajstić information content (AvgIpc) is 3.05. The van der Waals surface area contributed by atoms with E-state index < -0.39 is 0 Å². The summed E-state index contributed by atoms with van der Waals surface area (Å²) in [5.74, 6) is 0.0211. The van der Waals surface area contributed by atoms with Crippen molar-refractivity contribution in [1.82, 2.24) is 10.6 Å². The van der Waals surface area contributed by atoms with Crippen molar-refractivity contribution in [2.24, 2.45) is 0 Å². The van der Waals surface area contributed by atoms with Gasteiger partial charge in [0, 0.05) is 25.4 Å². The van der Waals surface area contributed by atoms with Gasteiger partial charge in [0.25, 0.3) is 0 Å². The number of nitrogens with one attached hydrogen (secondary N) is 2. The van der Waals surface area contributed by atoms with Gasteiger partial charge in [-0.25, -0.2) is 0 Å². The lowest BCUT2D eigenvalue weighted by atomic mass is 10.2. The Hall–Kier alpha value is -1.20. The van der Waals surface area contributed by atoms with Gasteiger partial charge < -0.3 is 10.6 Å². The molecule has 2 heterocycles. The molecule has 0 bridgehead atoms. The van der Waals surface area contributed by atoms with Crippen molar-refractivity contribution < 1.29 is 9.59 Å². The molecule has 0 aliphatic carbocycles. The lowest BCUT2D eigenvalue weighted by Crippen LogP contribution is -2.37. The molecule has 0 radical (unpaired) electrons. The molecule has 0 saturated carbocycles. The number of thiophene rings is 1. The fourth-order valence-electron chi connectivity index (χ4n) is 2.04. The lowest BCUT2D eigenvalue weighted by molar-refractivity contribution is -0.121. The van der Waals surface area contributed by atoms with E-state index in [1.54, 1.807) is 6.07 Å². The Morgan fingerprint density at radius 3 is 3.00 bits per heavy atom. The van der Waals surface area contributed by atoms with Crippen LogP contribution in [0, 0.1) is 0 Å². The van der Waals surface area contributed by atoms with E-state index in [4.69, 9.17) is 0 Å². The number of amides is 1. The summed E-state index contributed by atoms with van der Waals surface area (Å²) < 4.78 is 0. The molecule has 1 atom stereocenters. The third-order valence-electron chi connectivity index (χ3n) is 3.08. The highest BCUT2D eigenvalue weighted by molar-refractivity contribution is 7.12. The van der Waals surface area contributed by atoms with Gasteiger partial charge in [-0.3, -0.25) is 9.59 Å². The van der Waals surface area contributed by atoms with E-state index in [1.165, 1.54) is 17.8 Å². The van der Waals surface area contributed by atoms with Crippen LogP contribution in [-0.4, -0.2) is 30.8 Å². The predicted octanol–water partition coefficient (Wildman–Crippen LogP) is 1.58. The van der Waals surface area contributed by atoms with Crippen LogP contribution in [0.4, 0.5) is 0 Å². The molecular formula is C13H18N2O2S. The van der Waals surface area contributed by atoms with Gasteiger partial charge in [-0.05, 0) is 30.8 Å². The summed E-state index contributed by atoms with van der Waals surface area (Å²) in [7, 11) is 0. The third kappa shape index (κ3) is 3.92. The normalized spacial score (nSPS) is 18.8. The summed E-state index contributed by atoms with van der Waals surface area (Å²) in [4.78, 5) is 24.0. The molecule has 18 heavy (non-hydrogen) atoms. The quantitative estimate of drug-likeness (QED) is 0.769. The Balaban J connectivity index is 1.63. The highest BCUT2D eigenvalue weighted by Crippen LogP contribution is 2.12. The van der Waals surface area contributed by atoms with Crippen molar-refractivity contribution in [1.29, 1.82) is 0 Å². The Morgan fingerprint density at radius 2 is 2.33 bits per heavy atom. The first-order chi connectivity index (χ1) is 8.75. The van der Waals surface area contributed by atoms with E-state index in [0.29, 0.717) is 19.0 Å². The van der Waals surface area contributed by atoms with Crippen molar-refractivity contribution in [2.45, 2.75) is 31.7 Å². The SMILES string of the molecule is O=C(CCC(=O)c1cccs1)NCC1CCCN1. The molecule has 2 N–H and O–H groups in total. The average molecular weight is 266 g/mol. The summed E-state index contributed by atoms with van der Waals surface area (Å²) in [6, 6.07) is 4.05. The maximum Gasteiger partial charge on any atom is 0.220 e. The Morgan fingerprint density at radius 1 is 1.44 bits per heavy atom. The van der Waals surface area contributed by atoms with Gasteiger partial charge >= 0.3 is 0 Å². The van der Waals surface area contributed by atoms with Crippen LogP contribution in [0.5, 0.6) is 0 Å². The Labute approximate surface area is 111 Å². The molecule has 1 unspecified atom stereocenters. The zero-order valence-corrected chi connectivity index (χ0v) is 11.1. The molecule has 1 fully saturated rings. The smallest absolute Gasteiger partial charge is 0.220 e. The van der Waals surface area contributed by atoms with Gasteiger partial charge in [-0.2, -0.15) is 0 Å². The highest BCUT2D eigenvalue weighted by atomic mass is 32.1. The van der Waals surface area contributed by atoms with Crippen LogP contribution < -0.4 is 10.6 Å². The number of ketones is 1. The molecule has 1 amide bonds. The number of hydrogen-bond donors (Lipinski definition) is 2. The molecule has 0 spiro atoms. The summed E-state index contributed by atoms with van der Waals surface area (Å²) in [6.45, 7) is 1.71.